The van der Waals surface area contributed by atoms with E-state index in [1.165, 1.54) is 44.5 Å². The average Bonchev–Trinajstić information content (AvgIpc) is 2.88. The second kappa shape index (κ2) is 7.82. The van der Waals surface area contributed by atoms with Crippen LogP contribution in [0.2, 0.25) is 0 Å². The van der Waals surface area contributed by atoms with Gasteiger partial charge in [0.25, 0.3) is 0 Å². The first kappa shape index (κ1) is 18.6. The number of hydrogen-bond acceptors (Lipinski definition) is 1. The molecule has 1 heterocycles. The molecule has 0 amide bonds. The molecule has 0 bridgehead atoms. The molecule has 32 heavy (non-hydrogen) atoms. The van der Waals surface area contributed by atoms with Gasteiger partial charge in [0.05, 0.1) is 11.3 Å². The van der Waals surface area contributed by atoms with Crippen molar-refractivity contribution in [1.29, 1.82) is 0 Å². The van der Waals surface area contributed by atoms with Crippen molar-refractivity contribution < 1.29 is 4.58 Å². The van der Waals surface area contributed by atoms with Crippen molar-refractivity contribution in [3.8, 4) is 11.1 Å². The second-order valence-electron chi connectivity index (χ2n) is 8.11. The van der Waals surface area contributed by atoms with Crippen LogP contribution in [0.25, 0.3) is 21.9 Å². The van der Waals surface area contributed by atoms with Gasteiger partial charge in [0.1, 0.15) is 0 Å². The lowest BCUT2D eigenvalue weighted by molar-refractivity contribution is -0.434. The van der Waals surface area contributed by atoms with E-state index in [1.54, 1.807) is 0 Å². The molecule has 0 spiro atoms. The number of fused-ring (bicyclic) bond motifs is 2. The molecule has 5 aromatic rings. The summed E-state index contributed by atoms with van der Waals surface area (Å²) in [7, 11) is 0. The van der Waals surface area contributed by atoms with Gasteiger partial charge in [0.2, 0.25) is 12.4 Å². The summed E-state index contributed by atoms with van der Waals surface area (Å²) in [6.45, 7) is 0.753. The molecule has 2 heteroatoms. The molecule has 0 fully saturated rings. The van der Waals surface area contributed by atoms with E-state index in [0.29, 0.717) is 0 Å². The maximum atomic E-state index is 2.43. The number of nitrogens with zero attached hydrogens (tertiary/aromatic N) is 2. The van der Waals surface area contributed by atoms with E-state index in [4.69, 9.17) is 0 Å². The third-order valence-electron chi connectivity index (χ3n) is 6.16. The Morgan fingerprint density at radius 3 is 2.06 bits per heavy atom. The van der Waals surface area contributed by atoms with E-state index in [0.717, 1.165) is 6.67 Å². The molecule has 0 radical (unpaired) electrons. The van der Waals surface area contributed by atoms with Gasteiger partial charge in [-0.15, -0.1) is 0 Å². The zero-order valence-electron chi connectivity index (χ0n) is 17.7. The molecule has 0 aromatic heterocycles. The maximum absolute atomic E-state index is 2.43. The maximum Gasteiger partial charge on any atom is 0.228 e. The third-order valence-corrected chi connectivity index (χ3v) is 6.16. The average molecular weight is 412 g/mol. The van der Waals surface area contributed by atoms with Gasteiger partial charge in [-0.05, 0) is 34.5 Å². The molecule has 0 atom stereocenters. The first-order valence-corrected chi connectivity index (χ1v) is 11.0. The fraction of sp³-hybridized carbons (Fsp3) is 0.0333. The van der Waals surface area contributed by atoms with Gasteiger partial charge < -0.3 is 0 Å². The Morgan fingerprint density at radius 1 is 0.562 bits per heavy atom. The molecule has 0 unspecified atom stereocenters. The van der Waals surface area contributed by atoms with Crippen LogP contribution in [0.1, 0.15) is 5.56 Å². The largest absolute Gasteiger partial charge is 0.284 e. The van der Waals surface area contributed by atoms with Gasteiger partial charge >= 0.3 is 0 Å². The highest BCUT2D eigenvalue weighted by atomic mass is 15.3. The lowest BCUT2D eigenvalue weighted by Crippen LogP contribution is -2.32. The minimum Gasteiger partial charge on any atom is -0.284 e. The second-order valence-corrected chi connectivity index (χ2v) is 8.11. The summed E-state index contributed by atoms with van der Waals surface area (Å²) in [6, 6.07) is 43.1. The van der Waals surface area contributed by atoms with E-state index in [-0.39, 0.29) is 0 Å². The van der Waals surface area contributed by atoms with Crippen LogP contribution in [0.3, 0.4) is 0 Å². The number of para-hydroxylation sites is 3. The molecule has 5 aromatic carbocycles. The Bertz CT molecular complexity index is 1430. The summed E-state index contributed by atoms with van der Waals surface area (Å²) in [6.07, 6.45) is 2.28. The SMILES string of the molecule is C1=[N+](c2ccccc2)CN(c2ccccc2)c2c1cccc2-c1cccc2ccccc12. The van der Waals surface area contributed by atoms with Gasteiger partial charge in [-0.2, -0.15) is 4.58 Å². The van der Waals surface area contributed by atoms with Crippen molar-refractivity contribution in [3.63, 3.8) is 0 Å². The Balaban J connectivity index is 1.62. The minimum atomic E-state index is 0.753. The standard InChI is InChI=1S/C30H23N2/c1-3-14-25(15-4-1)31-21-24-13-10-20-29(28-19-9-12-23-11-7-8-18-27(23)28)30(24)32(22-31)26-16-5-2-6-17-26/h1-21H,22H2/q+1. The van der Waals surface area contributed by atoms with E-state index in [2.05, 4.69) is 137 Å². The quantitative estimate of drug-likeness (QED) is 0.281. The van der Waals surface area contributed by atoms with Crippen LogP contribution in [0, 0.1) is 0 Å². The van der Waals surface area contributed by atoms with Crippen molar-refractivity contribution in [2.45, 2.75) is 0 Å². The van der Waals surface area contributed by atoms with Crippen molar-refractivity contribution in [3.05, 3.63) is 127 Å². The van der Waals surface area contributed by atoms with Crippen LogP contribution in [-0.4, -0.2) is 17.5 Å². The van der Waals surface area contributed by atoms with Crippen LogP contribution in [0.15, 0.2) is 121 Å². The highest BCUT2D eigenvalue weighted by Crippen LogP contribution is 2.41. The van der Waals surface area contributed by atoms with Crippen LogP contribution < -0.4 is 4.90 Å². The number of rotatable bonds is 3. The van der Waals surface area contributed by atoms with Crippen molar-refractivity contribution in [2.75, 3.05) is 11.6 Å². The van der Waals surface area contributed by atoms with Crippen LogP contribution in [-0.2, 0) is 0 Å². The van der Waals surface area contributed by atoms with Crippen LogP contribution in [0.4, 0.5) is 17.1 Å². The van der Waals surface area contributed by atoms with Gasteiger partial charge in [0.15, 0.2) is 6.21 Å². The molecule has 1 aliphatic heterocycles. The minimum absolute atomic E-state index is 0.753. The van der Waals surface area contributed by atoms with E-state index >= 15 is 0 Å². The van der Waals surface area contributed by atoms with Crippen molar-refractivity contribution >= 4 is 34.0 Å². The summed E-state index contributed by atoms with van der Waals surface area (Å²) in [4.78, 5) is 2.43. The molecule has 152 valence electrons. The van der Waals surface area contributed by atoms with Gasteiger partial charge in [-0.3, -0.25) is 4.90 Å². The van der Waals surface area contributed by atoms with Gasteiger partial charge in [-0.25, -0.2) is 0 Å². The smallest absolute Gasteiger partial charge is 0.228 e. The molecule has 0 saturated heterocycles. The van der Waals surface area contributed by atoms with Crippen LogP contribution in [0.5, 0.6) is 0 Å². The normalized spacial score (nSPS) is 13.0. The number of hydrogen-bond donors (Lipinski definition) is 0. The van der Waals surface area contributed by atoms with Gasteiger partial charge in [-0.1, -0.05) is 91.0 Å². The zero-order valence-corrected chi connectivity index (χ0v) is 17.7. The van der Waals surface area contributed by atoms with Gasteiger partial charge in [0, 0.05) is 23.4 Å². The monoisotopic (exact) mass is 411 g/mol. The Hall–Kier alpha value is -4.17. The fourth-order valence-electron chi connectivity index (χ4n) is 4.67. The summed E-state index contributed by atoms with van der Waals surface area (Å²) in [5.41, 5.74) is 7.37. The zero-order chi connectivity index (χ0) is 21.3. The summed E-state index contributed by atoms with van der Waals surface area (Å²) < 4.78 is 2.32. The highest BCUT2D eigenvalue weighted by Gasteiger charge is 2.28. The third kappa shape index (κ3) is 3.17. The molecule has 0 N–H and O–H groups in total. The topological polar surface area (TPSA) is 6.25 Å². The molecule has 0 saturated carbocycles. The van der Waals surface area contributed by atoms with E-state index in [1.807, 2.05) is 0 Å². The number of benzene rings is 5. The Morgan fingerprint density at radius 2 is 1.22 bits per heavy atom. The summed E-state index contributed by atoms with van der Waals surface area (Å²) >= 11 is 0. The number of anilines is 2. The van der Waals surface area contributed by atoms with Crippen LogP contribution >= 0.6 is 0 Å². The summed E-state index contributed by atoms with van der Waals surface area (Å²) in [5, 5.41) is 2.54. The predicted molar refractivity (Wildman–Crippen MR) is 134 cm³/mol. The Labute approximate surface area is 188 Å². The summed E-state index contributed by atoms with van der Waals surface area (Å²) in [5.74, 6) is 0. The highest BCUT2D eigenvalue weighted by molar-refractivity contribution is 6.04. The Kier molecular flexibility index (Phi) is 4.54. The molecular formula is C30H23N2+. The lowest BCUT2D eigenvalue weighted by atomic mass is 9.94. The predicted octanol–water partition coefficient (Wildman–Crippen LogP) is 7.38. The lowest BCUT2D eigenvalue weighted by Gasteiger charge is -2.30. The molecule has 0 aliphatic carbocycles. The van der Waals surface area contributed by atoms with E-state index in [9.17, 15) is 0 Å². The van der Waals surface area contributed by atoms with E-state index < -0.39 is 0 Å². The van der Waals surface area contributed by atoms with Crippen molar-refractivity contribution in [2.24, 2.45) is 0 Å². The molecule has 2 nitrogen and oxygen atoms in total. The molecule has 1 aliphatic rings. The molecule has 6 rings (SSSR count). The first-order valence-electron chi connectivity index (χ1n) is 11.0. The van der Waals surface area contributed by atoms with Crippen molar-refractivity contribution in [1.82, 2.24) is 0 Å². The first-order chi connectivity index (χ1) is 15.9. The fourth-order valence-corrected chi connectivity index (χ4v) is 4.67. The molecular weight excluding hydrogens is 388 g/mol.